The van der Waals surface area contributed by atoms with Gasteiger partial charge >= 0.3 is 0 Å². The highest BCUT2D eigenvalue weighted by molar-refractivity contribution is 4.55. The van der Waals surface area contributed by atoms with Gasteiger partial charge in [0.25, 0.3) is 0 Å². The highest BCUT2D eigenvalue weighted by atomic mass is 16.7. The van der Waals surface area contributed by atoms with E-state index in [-0.39, 0.29) is 20.0 Å². The zero-order valence-electron chi connectivity index (χ0n) is 9.40. The van der Waals surface area contributed by atoms with E-state index in [2.05, 4.69) is 10.6 Å². The van der Waals surface area contributed by atoms with E-state index in [1.807, 2.05) is 0 Å². The van der Waals surface area contributed by atoms with E-state index >= 15 is 0 Å². The molecule has 2 unspecified atom stereocenters. The molecule has 0 fully saturated rings. The van der Waals surface area contributed by atoms with Gasteiger partial charge in [0.15, 0.2) is 0 Å². The van der Waals surface area contributed by atoms with Crippen LogP contribution in [0.15, 0.2) is 0 Å². The maximum absolute atomic E-state index is 9.24. The fraction of sp³-hybridized carbons (Fsp3) is 1.00. The van der Waals surface area contributed by atoms with Crippen molar-refractivity contribution in [3.8, 4) is 0 Å². The lowest BCUT2D eigenvalue weighted by Crippen LogP contribution is -2.30. The number of aliphatic hydroxyl groups excluding tert-OH is 2. The van der Waals surface area contributed by atoms with Gasteiger partial charge in [0.2, 0.25) is 0 Å². The molecule has 0 spiro atoms. The third-order valence-electron chi connectivity index (χ3n) is 1.67. The Morgan fingerprint density at radius 3 is 1.67 bits per heavy atom. The lowest BCUT2D eigenvalue weighted by molar-refractivity contribution is -0.0955. The zero-order chi connectivity index (χ0) is 11.5. The summed E-state index contributed by atoms with van der Waals surface area (Å²) in [7, 11) is 3.52. The average molecular weight is 222 g/mol. The molecule has 0 rings (SSSR count). The normalized spacial score (nSPS) is 15.2. The van der Waals surface area contributed by atoms with Crippen LogP contribution < -0.4 is 10.6 Å². The molecule has 92 valence electrons. The first-order valence-corrected chi connectivity index (χ1v) is 5.01. The molecule has 6 heteroatoms. The van der Waals surface area contributed by atoms with E-state index < -0.39 is 12.2 Å². The lowest BCUT2D eigenvalue weighted by atomic mass is 10.4. The molecule has 4 N–H and O–H groups in total. The third kappa shape index (κ3) is 10.1. The van der Waals surface area contributed by atoms with Crippen molar-refractivity contribution < 1.29 is 19.7 Å². The number of aliphatic hydroxyl groups is 2. The molecule has 0 saturated carbocycles. The molecule has 0 aliphatic carbocycles. The molecule has 2 atom stereocenters. The summed E-state index contributed by atoms with van der Waals surface area (Å²) in [6, 6.07) is 0. The molecule has 0 saturated heterocycles. The molecule has 0 heterocycles. The van der Waals surface area contributed by atoms with E-state index in [9.17, 15) is 10.2 Å². The van der Waals surface area contributed by atoms with E-state index in [4.69, 9.17) is 9.47 Å². The van der Waals surface area contributed by atoms with Crippen LogP contribution in [0.25, 0.3) is 0 Å². The zero-order valence-corrected chi connectivity index (χ0v) is 9.40. The molecule has 0 aromatic rings. The number of rotatable bonds is 10. The van der Waals surface area contributed by atoms with Gasteiger partial charge in [-0.15, -0.1) is 0 Å². The fourth-order valence-corrected chi connectivity index (χ4v) is 1.02. The van der Waals surface area contributed by atoms with Crippen LogP contribution in [-0.2, 0) is 9.47 Å². The standard InChI is InChI=1S/C9H22N2O4/c1-10-3-8(12)5-14-7-15-6-9(13)4-11-2/h8-13H,3-7H2,1-2H3. The van der Waals surface area contributed by atoms with E-state index in [1.165, 1.54) is 0 Å². The smallest absolute Gasteiger partial charge is 0.146 e. The van der Waals surface area contributed by atoms with Crippen LogP contribution in [0.4, 0.5) is 0 Å². The van der Waals surface area contributed by atoms with Crippen LogP contribution >= 0.6 is 0 Å². The minimum atomic E-state index is -0.527. The third-order valence-corrected chi connectivity index (χ3v) is 1.67. The largest absolute Gasteiger partial charge is 0.389 e. The second-order valence-corrected chi connectivity index (χ2v) is 3.28. The first-order valence-electron chi connectivity index (χ1n) is 5.01. The Hall–Kier alpha value is -0.240. The average Bonchev–Trinajstić information content (AvgIpc) is 2.18. The summed E-state index contributed by atoms with van der Waals surface area (Å²) in [6.07, 6.45) is -1.05. The van der Waals surface area contributed by atoms with Gasteiger partial charge in [-0.2, -0.15) is 0 Å². The fourth-order valence-electron chi connectivity index (χ4n) is 1.02. The quantitative estimate of drug-likeness (QED) is 0.256. The number of ether oxygens (including phenoxy) is 2. The van der Waals surface area contributed by atoms with Crippen LogP contribution in [0, 0.1) is 0 Å². The molecule has 6 nitrogen and oxygen atoms in total. The van der Waals surface area contributed by atoms with Crippen molar-refractivity contribution in [1.29, 1.82) is 0 Å². The molecule has 0 aliphatic rings. The summed E-state index contributed by atoms with van der Waals surface area (Å²) >= 11 is 0. The highest BCUT2D eigenvalue weighted by Gasteiger charge is 2.04. The number of nitrogens with one attached hydrogen (secondary N) is 2. The summed E-state index contributed by atoms with van der Waals surface area (Å²) in [5, 5.41) is 24.1. The van der Waals surface area contributed by atoms with E-state index in [1.54, 1.807) is 14.1 Å². The summed E-state index contributed by atoms with van der Waals surface area (Å²) < 4.78 is 10.1. The van der Waals surface area contributed by atoms with Crippen LogP contribution in [0.2, 0.25) is 0 Å². The maximum atomic E-state index is 9.24. The van der Waals surface area contributed by atoms with Crippen molar-refractivity contribution in [2.75, 3.05) is 47.2 Å². The Balaban J connectivity index is 3.17. The monoisotopic (exact) mass is 222 g/mol. The van der Waals surface area contributed by atoms with Gasteiger partial charge in [-0.1, -0.05) is 0 Å². The molecule has 0 amide bonds. The predicted molar refractivity (Wildman–Crippen MR) is 56.6 cm³/mol. The summed E-state index contributed by atoms with van der Waals surface area (Å²) in [4.78, 5) is 0. The number of hydrogen-bond donors (Lipinski definition) is 4. The second-order valence-electron chi connectivity index (χ2n) is 3.28. The summed E-state index contributed by atoms with van der Waals surface area (Å²) in [5.41, 5.74) is 0. The second kappa shape index (κ2) is 10.3. The van der Waals surface area contributed by atoms with Gasteiger partial charge in [0.05, 0.1) is 25.4 Å². The van der Waals surface area contributed by atoms with Crippen LogP contribution in [0.5, 0.6) is 0 Å². The lowest BCUT2D eigenvalue weighted by Gasteiger charge is -2.12. The minimum absolute atomic E-state index is 0.0849. The van der Waals surface area contributed by atoms with Crippen molar-refractivity contribution in [2.45, 2.75) is 12.2 Å². The van der Waals surface area contributed by atoms with Gasteiger partial charge < -0.3 is 30.3 Å². The first-order chi connectivity index (χ1) is 7.20. The van der Waals surface area contributed by atoms with Gasteiger partial charge in [-0.25, -0.2) is 0 Å². The van der Waals surface area contributed by atoms with E-state index in [0.717, 1.165) is 0 Å². The van der Waals surface area contributed by atoms with Crippen molar-refractivity contribution in [3.63, 3.8) is 0 Å². The van der Waals surface area contributed by atoms with Crippen molar-refractivity contribution in [2.24, 2.45) is 0 Å². The predicted octanol–water partition coefficient (Wildman–Crippen LogP) is -1.86. The molecule has 0 bridgehead atoms. The Kier molecular flexibility index (Phi) is 10.1. The molecule has 0 aliphatic heterocycles. The molecule has 15 heavy (non-hydrogen) atoms. The molecule has 0 aromatic heterocycles. The molecule has 0 aromatic carbocycles. The first kappa shape index (κ1) is 14.8. The number of hydrogen-bond acceptors (Lipinski definition) is 6. The van der Waals surface area contributed by atoms with Crippen LogP contribution in [0.1, 0.15) is 0 Å². The van der Waals surface area contributed by atoms with Gasteiger partial charge in [0, 0.05) is 13.1 Å². The Morgan fingerprint density at radius 2 is 1.33 bits per heavy atom. The number of likely N-dealkylation sites (N-methyl/N-ethyl adjacent to an activating group) is 2. The van der Waals surface area contributed by atoms with E-state index in [0.29, 0.717) is 13.1 Å². The van der Waals surface area contributed by atoms with Gasteiger partial charge in [0.1, 0.15) is 6.79 Å². The SMILES string of the molecule is CNCC(O)COCOCC(O)CNC. The van der Waals surface area contributed by atoms with Gasteiger partial charge in [-0.05, 0) is 14.1 Å². The molecule has 0 radical (unpaired) electrons. The van der Waals surface area contributed by atoms with Gasteiger partial charge in [-0.3, -0.25) is 0 Å². The van der Waals surface area contributed by atoms with Crippen molar-refractivity contribution in [1.82, 2.24) is 10.6 Å². The summed E-state index contributed by atoms with van der Waals surface area (Å²) in [5.74, 6) is 0. The Labute approximate surface area is 90.6 Å². The van der Waals surface area contributed by atoms with Crippen molar-refractivity contribution >= 4 is 0 Å². The topological polar surface area (TPSA) is 83.0 Å². The highest BCUT2D eigenvalue weighted by Crippen LogP contribution is 1.87. The maximum Gasteiger partial charge on any atom is 0.146 e. The van der Waals surface area contributed by atoms with Crippen molar-refractivity contribution in [3.05, 3.63) is 0 Å². The summed E-state index contributed by atoms with van der Waals surface area (Å²) in [6.45, 7) is 1.51. The minimum Gasteiger partial charge on any atom is -0.389 e. The van der Waals surface area contributed by atoms with Crippen LogP contribution in [0.3, 0.4) is 0 Å². The molecular weight excluding hydrogens is 200 g/mol. The Bertz CT molecular complexity index is 123. The Morgan fingerprint density at radius 1 is 0.933 bits per heavy atom. The molecular formula is C9H22N2O4. The van der Waals surface area contributed by atoms with Crippen LogP contribution in [-0.4, -0.2) is 69.6 Å².